The first-order chi connectivity index (χ1) is 16.2. The summed E-state index contributed by atoms with van der Waals surface area (Å²) in [4.78, 5) is 38.3. The molecule has 1 unspecified atom stereocenters. The van der Waals surface area contributed by atoms with E-state index in [-0.39, 0.29) is 11.8 Å². The average molecular weight is 467 g/mol. The lowest BCUT2D eigenvalue weighted by Gasteiger charge is -2.33. The third-order valence-corrected chi connectivity index (χ3v) is 6.04. The quantitative estimate of drug-likeness (QED) is 0.466. The molecule has 0 aliphatic carbocycles. The van der Waals surface area contributed by atoms with Crippen LogP contribution in [0.3, 0.4) is 0 Å². The van der Waals surface area contributed by atoms with Crippen molar-refractivity contribution in [3.8, 4) is 11.5 Å². The number of rotatable bonds is 8. The Morgan fingerprint density at radius 1 is 1.00 bits per heavy atom. The molecule has 1 atom stereocenters. The van der Waals surface area contributed by atoms with E-state index in [0.717, 1.165) is 12.8 Å². The second-order valence-corrected chi connectivity index (χ2v) is 9.08. The first-order valence-corrected chi connectivity index (χ1v) is 11.8. The van der Waals surface area contributed by atoms with Crippen molar-refractivity contribution in [3.05, 3.63) is 59.7 Å². The van der Waals surface area contributed by atoms with Crippen LogP contribution in [0.5, 0.6) is 11.5 Å². The van der Waals surface area contributed by atoms with Crippen LogP contribution in [0, 0.1) is 5.92 Å². The molecule has 0 spiro atoms. The highest BCUT2D eigenvalue weighted by molar-refractivity contribution is 5.94. The van der Waals surface area contributed by atoms with E-state index < -0.39 is 12.1 Å². The first-order valence-electron chi connectivity index (χ1n) is 11.8. The van der Waals surface area contributed by atoms with Crippen molar-refractivity contribution in [1.29, 1.82) is 0 Å². The van der Waals surface area contributed by atoms with Gasteiger partial charge in [-0.1, -0.05) is 32.0 Å². The standard InChI is InChI=1S/C27H34N2O5/c1-18(2)22-8-10-24(11-9-22)33-19(3)27(32)29-14-12-21(13-15-29)17-28-26(31)23-6-5-7-25(16-23)34-20(4)30/h5-11,16,18-19,21H,12-15,17H2,1-4H3,(H,28,31). The van der Waals surface area contributed by atoms with Crippen LogP contribution >= 0.6 is 0 Å². The van der Waals surface area contributed by atoms with Gasteiger partial charge >= 0.3 is 5.97 Å². The van der Waals surface area contributed by atoms with E-state index >= 15 is 0 Å². The highest BCUT2D eigenvalue weighted by Gasteiger charge is 2.27. The van der Waals surface area contributed by atoms with E-state index in [4.69, 9.17) is 9.47 Å². The molecule has 34 heavy (non-hydrogen) atoms. The Bertz CT molecular complexity index is 994. The second-order valence-electron chi connectivity index (χ2n) is 9.08. The minimum Gasteiger partial charge on any atom is -0.481 e. The minimum absolute atomic E-state index is 0.0160. The fraction of sp³-hybridized carbons (Fsp3) is 0.444. The Kier molecular flexibility index (Phi) is 8.68. The van der Waals surface area contributed by atoms with Crippen molar-refractivity contribution in [3.63, 3.8) is 0 Å². The van der Waals surface area contributed by atoms with Gasteiger partial charge in [-0.05, 0) is 67.5 Å². The summed E-state index contributed by atoms with van der Waals surface area (Å²) < 4.78 is 10.9. The topological polar surface area (TPSA) is 84.9 Å². The number of nitrogens with zero attached hydrogens (tertiary/aromatic N) is 1. The van der Waals surface area contributed by atoms with Gasteiger partial charge in [0, 0.05) is 32.1 Å². The second kappa shape index (κ2) is 11.7. The fourth-order valence-corrected chi connectivity index (χ4v) is 4.01. The van der Waals surface area contributed by atoms with Crippen molar-refractivity contribution in [2.75, 3.05) is 19.6 Å². The summed E-state index contributed by atoms with van der Waals surface area (Å²) in [5.74, 6) is 1.13. The third-order valence-electron chi connectivity index (χ3n) is 6.04. The highest BCUT2D eigenvalue weighted by Crippen LogP contribution is 2.22. The van der Waals surface area contributed by atoms with Crippen LogP contribution in [0.2, 0.25) is 0 Å². The predicted octanol–water partition coefficient (Wildman–Crippen LogP) is 4.17. The van der Waals surface area contributed by atoms with Crippen LogP contribution in [0.15, 0.2) is 48.5 Å². The lowest BCUT2D eigenvalue weighted by molar-refractivity contribution is -0.139. The largest absolute Gasteiger partial charge is 0.481 e. The van der Waals surface area contributed by atoms with E-state index in [1.54, 1.807) is 31.2 Å². The van der Waals surface area contributed by atoms with Crippen LogP contribution in [-0.2, 0) is 9.59 Å². The molecule has 1 fully saturated rings. The SMILES string of the molecule is CC(=O)Oc1cccc(C(=O)NCC2CCN(C(=O)C(C)Oc3ccc(C(C)C)cc3)CC2)c1. The molecule has 3 rings (SSSR count). The summed E-state index contributed by atoms with van der Waals surface area (Å²) in [6, 6.07) is 14.4. The molecule has 1 heterocycles. The maximum Gasteiger partial charge on any atom is 0.308 e. The molecule has 2 amide bonds. The number of piperidine rings is 1. The molecular formula is C27H34N2O5. The average Bonchev–Trinajstić information content (AvgIpc) is 2.82. The van der Waals surface area contributed by atoms with Crippen LogP contribution in [0.25, 0.3) is 0 Å². The molecule has 1 aliphatic rings. The number of hydrogen-bond donors (Lipinski definition) is 1. The molecule has 0 bridgehead atoms. The van der Waals surface area contributed by atoms with Crippen LogP contribution in [0.1, 0.15) is 62.4 Å². The van der Waals surface area contributed by atoms with Crippen molar-refractivity contribution >= 4 is 17.8 Å². The zero-order chi connectivity index (χ0) is 24.7. The zero-order valence-corrected chi connectivity index (χ0v) is 20.4. The van der Waals surface area contributed by atoms with E-state index in [1.165, 1.54) is 12.5 Å². The summed E-state index contributed by atoms with van der Waals surface area (Å²) in [5.41, 5.74) is 1.68. The van der Waals surface area contributed by atoms with Gasteiger partial charge in [0.2, 0.25) is 0 Å². The third kappa shape index (κ3) is 7.07. The van der Waals surface area contributed by atoms with Gasteiger partial charge in [-0.15, -0.1) is 0 Å². The molecule has 2 aromatic rings. The van der Waals surface area contributed by atoms with E-state index in [1.807, 2.05) is 29.2 Å². The summed E-state index contributed by atoms with van der Waals surface area (Å²) in [6.45, 7) is 9.20. The molecule has 0 radical (unpaired) electrons. The van der Waals surface area contributed by atoms with Gasteiger partial charge in [0.05, 0.1) is 0 Å². The number of nitrogens with one attached hydrogen (secondary N) is 1. The monoisotopic (exact) mass is 466 g/mol. The Hall–Kier alpha value is -3.35. The number of amides is 2. The molecule has 7 nitrogen and oxygen atoms in total. The number of likely N-dealkylation sites (tertiary alicyclic amines) is 1. The summed E-state index contributed by atoms with van der Waals surface area (Å²) in [5, 5.41) is 2.95. The number of ether oxygens (including phenoxy) is 2. The summed E-state index contributed by atoms with van der Waals surface area (Å²) >= 11 is 0. The summed E-state index contributed by atoms with van der Waals surface area (Å²) in [6.07, 6.45) is 1.08. The van der Waals surface area contributed by atoms with E-state index in [2.05, 4.69) is 19.2 Å². The number of benzene rings is 2. The fourth-order valence-electron chi connectivity index (χ4n) is 4.01. The van der Waals surface area contributed by atoms with Crippen molar-refractivity contribution in [1.82, 2.24) is 10.2 Å². The van der Waals surface area contributed by atoms with Crippen molar-refractivity contribution < 1.29 is 23.9 Å². The van der Waals surface area contributed by atoms with Crippen LogP contribution in [0.4, 0.5) is 0 Å². The predicted molar refractivity (Wildman–Crippen MR) is 130 cm³/mol. The van der Waals surface area contributed by atoms with Gasteiger partial charge in [-0.2, -0.15) is 0 Å². The van der Waals surface area contributed by atoms with Gasteiger partial charge in [-0.25, -0.2) is 0 Å². The first kappa shape index (κ1) is 25.3. The summed E-state index contributed by atoms with van der Waals surface area (Å²) in [7, 11) is 0. The normalized spacial score (nSPS) is 15.0. The van der Waals surface area contributed by atoms with Gasteiger partial charge in [-0.3, -0.25) is 14.4 Å². The Morgan fingerprint density at radius 3 is 2.29 bits per heavy atom. The lowest BCUT2D eigenvalue weighted by Crippen LogP contribution is -2.46. The van der Waals surface area contributed by atoms with Gasteiger partial charge in [0.25, 0.3) is 11.8 Å². The molecule has 7 heteroatoms. The van der Waals surface area contributed by atoms with Gasteiger partial charge < -0.3 is 19.7 Å². The van der Waals surface area contributed by atoms with Gasteiger partial charge in [0.1, 0.15) is 11.5 Å². The molecule has 182 valence electrons. The smallest absolute Gasteiger partial charge is 0.308 e. The Balaban J connectivity index is 1.43. The van der Waals surface area contributed by atoms with Crippen LogP contribution < -0.4 is 14.8 Å². The van der Waals surface area contributed by atoms with E-state index in [0.29, 0.717) is 48.5 Å². The van der Waals surface area contributed by atoms with Crippen LogP contribution in [-0.4, -0.2) is 48.4 Å². The van der Waals surface area contributed by atoms with Gasteiger partial charge in [0.15, 0.2) is 6.10 Å². The van der Waals surface area contributed by atoms with Crippen molar-refractivity contribution in [2.45, 2.75) is 52.6 Å². The Morgan fingerprint density at radius 2 is 1.68 bits per heavy atom. The number of carbonyl (C=O) groups is 3. The molecule has 2 aromatic carbocycles. The Labute approximate surface area is 201 Å². The molecule has 1 saturated heterocycles. The maximum absolute atomic E-state index is 12.8. The molecule has 1 N–H and O–H groups in total. The maximum atomic E-state index is 12.8. The van der Waals surface area contributed by atoms with E-state index in [9.17, 15) is 14.4 Å². The number of hydrogen-bond acceptors (Lipinski definition) is 5. The highest BCUT2D eigenvalue weighted by atomic mass is 16.5. The molecule has 0 saturated carbocycles. The zero-order valence-electron chi connectivity index (χ0n) is 20.4. The lowest BCUT2D eigenvalue weighted by atomic mass is 9.96. The van der Waals surface area contributed by atoms with Crippen molar-refractivity contribution in [2.24, 2.45) is 5.92 Å². The number of carbonyl (C=O) groups excluding carboxylic acids is 3. The molecular weight excluding hydrogens is 432 g/mol. The molecule has 0 aromatic heterocycles. The number of esters is 1. The minimum atomic E-state index is -0.550. The molecule has 1 aliphatic heterocycles.